The van der Waals surface area contributed by atoms with Crippen LogP contribution in [-0.4, -0.2) is 5.84 Å². The number of nitrogen functional groups attached to an aromatic ring is 1. The standard InChI is InChI=1S/C29H31N3/c1-3-4-11-25(27-12-8-13-28(19-27)29(30)31)16-17-26-18-24(15-14-22(26)2)21-32-20-23-9-6-5-7-10-23/h1,4-15,18-19,25,32H,16-17,20-21H2,2H3,(H3,30,31)/b11-4-. The lowest BCUT2D eigenvalue weighted by molar-refractivity contribution is 0.690. The molecule has 0 aliphatic heterocycles. The normalized spacial score (nSPS) is 11.9. The van der Waals surface area contributed by atoms with Crippen LogP contribution in [0.3, 0.4) is 0 Å². The van der Waals surface area contributed by atoms with Gasteiger partial charge in [0.25, 0.3) is 0 Å². The highest BCUT2D eigenvalue weighted by molar-refractivity contribution is 5.95. The average molecular weight is 422 g/mol. The Morgan fingerprint density at radius 2 is 1.81 bits per heavy atom. The molecule has 0 amide bonds. The second-order valence-electron chi connectivity index (χ2n) is 8.06. The molecule has 0 saturated carbocycles. The number of allylic oxidation sites excluding steroid dienone is 2. The van der Waals surface area contributed by atoms with E-state index < -0.39 is 0 Å². The van der Waals surface area contributed by atoms with Gasteiger partial charge < -0.3 is 11.1 Å². The number of nitrogens with two attached hydrogens (primary N) is 1. The summed E-state index contributed by atoms with van der Waals surface area (Å²) in [5.41, 5.74) is 12.8. The highest BCUT2D eigenvalue weighted by Crippen LogP contribution is 2.25. The first kappa shape index (κ1) is 23.1. The highest BCUT2D eigenvalue weighted by Gasteiger charge is 2.11. The Balaban J connectivity index is 1.68. The molecule has 0 bridgehead atoms. The zero-order valence-electron chi connectivity index (χ0n) is 18.6. The predicted molar refractivity (Wildman–Crippen MR) is 135 cm³/mol. The lowest BCUT2D eigenvalue weighted by Crippen LogP contribution is -2.13. The Bertz CT molecular complexity index is 1110. The van der Waals surface area contributed by atoms with Crippen LogP contribution in [0.5, 0.6) is 0 Å². The van der Waals surface area contributed by atoms with Crippen molar-refractivity contribution in [3.8, 4) is 12.3 Å². The Morgan fingerprint density at radius 1 is 1.03 bits per heavy atom. The Kier molecular flexibility index (Phi) is 8.43. The zero-order valence-corrected chi connectivity index (χ0v) is 18.6. The number of terminal acetylenes is 1. The molecule has 0 radical (unpaired) electrons. The fourth-order valence-corrected chi connectivity index (χ4v) is 3.84. The number of aryl methyl sites for hydroxylation is 2. The molecule has 32 heavy (non-hydrogen) atoms. The van der Waals surface area contributed by atoms with E-state index in [1.165, 1.54) is 22.3 Å². The number of hydrogen-bond donors (Lipinski definition) is 3. The molecule has 3 aromatic carbocycles. The summed E-state index contributed by atoms with van der Waals surface area (Å²) in [6.07, 6.45) is 11.2. The molecule has 0 fully saturated rings. The average Bonchev–Trinajstić information content (AvgIpc) is 2.81. The fourth-order valence-electron chi connectivity index (χ4n) is 3.84. The Labute approximate surface area is 191 Å². The van der Waals surface area contributed by atoms with Gasteiger partial charge >= 0.3 is 0 Å². The third-order valence-corrected chi connectivity index (χ3v) is 5.69. The molecule has 0 aromatic heterocycles. The van der Waals surface area contributed by atoms with Gasteiger partial charge in [-0.3, -0.25) is 5.41 Å². The second kappa shape index (κ2) is 11.7. The zero-order chi connectivity index (χ0) is 22.8. The summed E-state index contributed by atoms with van der Waals surface area (Å²) >= 11 is 0. The van der Waals surface area contributed by atoms with Crippen molar-refractivity contribution in [3.05, 3.63) is 118 Å². The Hall–Kier alpha value is -3.61. The van der Waals surface area contributed by atoms with Crippen LogP contribution >= 0.6 is 0 Å². The van der Waals surface area contributed by atoms with Crippen LogP contribution in [0.4, 0.5) is 0 Å². The van der Waals surface area contributed by atoms with E-state index in [0.717, 1.165) is 37.1 Å². The number of amidine groups is 1. The van der Waals surface area contributed by atoms with Gasteiger partial charge in [0, 0.05) is 24.6 Å². The maximum Gasteiger partial charge on any atom is 0.122 e. The number of hydrogen-bond acceptors (Lipinski definition) is 2. The Morgan fingerprint density at radius 3 is 2.56 bits per heavy atom. The molecule has 0 heterocycles. The van der Waals surface area contributed by atoms with Crippen LogP contribution in [-0.2, 0) is 19.5 Å². The van der Waals surface area contributed by atoms with Gasteiger partial charge in [-0.2, -0.15) is 0 Å². The van der Waals surface area contributed by atoms with Crippen molar-refractivity contribution in [1.82, 2.24) is 5.32 Å². The van der Waals surface area contributed by atoms with Crippen molar-refractivity contribution in [3.63, 3.8) is 0 Å². The SMILES string of the molecule is C#C/C=C\C(CCc1cc(CNCc2ccccc2)ccc1C)c1cccc(C(=N)N)c1. The minimum absolute atomic E-state index is 0.0816. The van der Waals surface area contributed by atoms with Gasteiger partial charge in [-0.1, -0.05) is 78.7 Å². The van der Waals surface area contributed by atoms with E-state index in [9.17, 15) is 0 Å². The van der Waals surface area contributed by atoms with Crippen LogP contribution in [0.15, 0.2) is 84.9 Å². The molecule has 3 heteroatoms. The summed E-state index contributed by atoms with van der Waals surface area (Å²) in [6, 6.07) is 25.0. The predicted octanol–water partition coefficient (Wildman–Crippen LogP) is 5.47. The first-order chi connectivity index (χ1) is 15.6. The summed E-state index contributed by atoms with van der Waals surface area (Å²) in [4.78, 5) is 0. The number of benzene rings is 3. The van der Waals surface area contributed by atoms with Crippen LogP contribution in [0.1, 0.15) is 45.7 Å². The van der Waals surface area contributed by atoms with Crippen molar-refractivity contribution in [1.29, 1.82) is 5.41 Å². The van der Waals surface area contributed by atoms with E-state index in [2.05, 4.69) is 72.8 Å². The van der Waals surface area contributed by atoms with Crippen LogP contribution in [0, 0.1) is 24.7 Å². The highest BCUT2D eigenvalue weighted by atomic mass is 14.8. The first-order valence-corrected chi connectivity index (χ1v) is 11.0. The topological polar surface area (TPSA) is 61.9 Å². The van der Waals surface area contributed by atoms with E-state index >= 15 is 0 Å². The van der Waals surface area contributed by atoms with Gasteiger partial charge in [-0.05, 0) is 59.7 Å². The third-order valence-electron chi connectivity index (χ3n) is 5.69. The maximum absolute atomic E-state index is 7.73. The van der Waals surface area contributed by atoms with Crippen LogP contribution in [0.25, 0.3) is 0 Å². The largest absolute Gasteiger partial charge is 0.384 e. The van der Waals surface area contributed by atoms with Crippen LogP contribution in [0.2, 0.25) is 0 Å². The van der Waals surface area contributed by atoms with Crippen LogP contribution < -0.4 is 11.1 Å². The molecule has 0 saturated heterocycles. The summed E-state index contributed by atoms with van der Waals surface area (Å²) in [7, 11) is 0. The van der Waals surface area contributed by atoms with Gasteiger partial charge in [-0.25, -0.2) is 0 Å². The minimum atomic E-state index is 0.0816. The van der Waals surface area contributed by atoms with Gasteiger partial charge in [0.1, 0.15) is 5.84 Å². The molecule has 3 rings (SSSR count). The fraction of sp³-hybridized carbons (Fsp3) is 0.207. The van der Waals surface area contributed by atoms with E-state index in [0.29, 0.717) is 0 Å². The van der Waals surface area contributed by atoms with Crippen molar-refractivity contribution in [2.45, 2.75) is 38.8 Å². The number of rotatable bonds is 10. The smallest absolute Gasteiger partial charge is 0.122 e. The molecule has 1 atom stereocenters. The monoisotopic (exact) mass is 421 g/mol. The summed E-state index contributed by atoms with van der Waals surface area (Å²) in [5, 5.41) is 11.3. The van der Waals surface area contributed by atoms with Gasteiger partial charge in [0.15, 0.2) is 0 Å². The third kappa shape index (κ3) is 6.70. The molecular formula is C29H31N3. The lowest BCUT2D eigenvalue weighted by atomic mass is 9.89. The summed E-state index contributed by atoms with van der Waals surface area (Å²) < 4.78 is 0. The summed E-state index contributed by atoms with van der Waals surface area (Å²) in [6.45, 7) is 3.86. The van der Waals surface area contributed by atoms with Crippen molar-refractivity contribution in [2.24, 2.45) is 5.73 Å². The molecule has 4 N–H and O–H groups in total. The molecule has 0 spiro atoms. The second-order valence-corrected chi connectivity index (χ2v) is 8.06. The number of nitrogens with one attached hydrogen (secondary N) is 2. The van der Waals surface area contributed by atoms with E-state index in [1.807, 2.05) is 24.3 Å². The quantitative estimate of drug-likeness (QED) is 0.231. The van der Waals surface area contributed by atoms with E-state index in [4.69, 9.17) is 17.6 Å². The van der Waals surface area contributed by atoms with E-state index in [-0.39, 0.29) is 11.8 Å². The molecule has 162 valence electrons. The lowest BCUT2D eigenvalue weighted by Gasteiger charge is -2.16. The summed E-state index contributed by atoms with van der Waals surface area (Å²) in [5.74, 6) is 2.86. The van der Waals surface area contributed by atoms with Crippen molar-refractivity contribution in [2.75, 3.05) is 0 Å². The molecular weight excluding hydrogens is 390 g/mol. The van der Waals surface area contributed by atoms with Gasteiger partial charge in [-0.15, -0.1) is 6.42 Å². The van der Waals surface area contributed by atoms with E-state index in [1.54, 1.807) is 6.08 Å². The maximum atomic E-state index is 7.73. The minimum Gasteiger partial charge on any atom is -0.384 e. The van der Waals surface area contributed by atoms with Gasteiger partial charge in [0.05, 0.1) is 0 Å². The molecule has 3 aromatic rings. The van der Waals surface area contributed by atoms with Gasteiger partial charge in [0.2, 0.25) is 0 Å². The molecule has 0 aliphatic carbocycles. The molecule has 3 nitrogen and oxygen atoms in total. The van der Waals surface area contributed by atoms with Crippen molar-refractivity contribution >= 4 is 5.84 Å². The first-order valence-electron chi connectivity index (χ1n) is 11.0. The molecule has 0 aliphatic rings. The molecule has 1 unspecified atom stereocenters. The van der Waals surface area contributed by atoms with Crippen molar-refractivity contribution < 1.29 is 0 Å².